The lowest BCUT2D eigenvalue weighted by atomic mass is 9.94. The number of ether oxygens (including phenoxy) is 3. The zero-order valence-electron chi connectivity index (χ0n) is 17.1. The normalized spacial score (nSPS) is 11.2. The van der Waals surface area contributed by atoms with Gasteiger partial charge in [-0.2, -0.15) is 0 Å². The molecular formula is C23H28O4. The van der Waals surface area contributed by atoms with Crippen molar-refractivity contribution in [3.8, 4) is 11.5 Å². The van der Waals surface area contributed by atoms with E-state index >= 15 is 0 Å². The number of hydrogen-bond donors (Lipinski definition) is 0. The van der Waals surface area contributed by atoms with Crippen molar-refractivity contribution in [2.75, 3.05) is 6.61 Å². The molecule has 0 unspecified atom stereocenters. The van der Waals surface area contributed by atoms with Crippen molar-refractivity contribution < 1.29 is 19.0 Å². The minimum Gasteiger partial charge on any atom is -0.489 e. The fraction of sp³-hybridized carbons (Fsp3) is 0.348. The maximum Gasteiger partial charge on any atom is 0.514 e. The molecule has 0 radical (unpaired) electrons. The Balaban J connectivity index is 2.75. The van der Waals surface area contributed by atoms with E-state index < -0.39 is 11.8 Å². The molecule has 0 aliphatic heterocycles. The summed E-state index contributed by atoms with van der Waals surface area (Å²) < 4.78 is 17.0. The van der Waals surface area contributed by atoms with Gasteiger partial charge >= 0.3 is 6.16 Å². The molecule has 0 N–H and O–H groups in total. The van der Waals surface area contributed by atoms with Crippen molar-refractivity contribution in [2.45, 2.75) is 47.1 Å². The molecule has 0 fully saturated rings. The average Bonchev–Trinajstić information content (AvgIpc) is 2.52. The van der Waals surface area contributed by atoms with E-state index in [4.69, 9.17) is 14.2 Å². The first-order valence-electron chi connectivity index (χ1n) is 8.92. The summed E-state index contributed by atoms with van der Waals surface area (Å²) in [6.07, 6.45) is 0.956. The number of hydrogen-bond acceptors (Lipinski definition) is 4. The first kappa shape index (κ1) is 20.6. The van der Waals surface area contributed by atoms with E-state index in [9.17, 15) is 4.79 Å². The molecule has 4 nitrogen and oxygen atoms in total. The molecule has 0 aliphatic carbocycles. The second-order valence-electron chi connectivity index (χ2n) is 7.65. The molecule has 0 amide bonds. The van der Waals surface area contributed by atoms with Gasteiger partial charge in [0, 0.05) is 21.9 Å². The van der Waals surface area contributed by atoms with Crippen LogP contribution in [-0.2, 0) is 4.74 Å². The van der Waals surface area contributed by atoms with Crippen molar-refractivity contribution in [3.05, 3.63) is 54.1 Å². The highest BCUT2D eigenvalue weighted by Gasteiger charge is 2.24. The Morgan fingerprint density at radius 2 is 1.81 bits per heavy atom. The van der Waals surface area contributed by atoms with Crippen LogP contribution in [0.2, 0.25) is 0 Å². The molecule has 2 rings (SSSR count). The number of carbonyl (C=O) groups excluding carboxylic acids is 1. The minimum atomic E-state index is -0.744. The van der Waals surface area contributed by atoms with Crippen LogP contribution >= 0.6 is 0 Å². The van der Waals surface area contributed by atoms with Crippen molar-refractivity contribution in [3.63, 3.8) is 0 Å². The molecule has 2 aromatic carbocycles. The fourth-order valence-electron chi connectivity index (χ4n) is 2.97. The van der Waals surface area contributed by atoms with Crippen LogP contribution in [0.4, 0.5) is 4.79 Å². The lowest BCUT2D eigenvalue weighted by Gasteiger charge is -2.23. The van der Waals surface area contributed by atoms with E-state index in [-0.39, 0.29) is 0 Å². The number of allylic oxidation sites excluding steroid dienone is 1. The second kappa shape index (κ2) is 7.87. The maximum atomic E-state index is 12.4. The molecule has 2 aromatic rings. The molecular weight excluding hydrogens is 340 g/mol. The third kappa shape index (κ3) is 4.70. The smallest absolute Gasteiger partial charge is 0.489 e. The van der Waals surface area contributed by atoms with E-state index in [1.54, 1.807) is 26.8 Å². The largest absolute Gasteiger partial charge is 0.514 e. The van der Waals surface area contributed by atoms with Crippen LogP contribution in [0.1, 0.15) is 44.4 Å². The lowest BCUT2D eigenvalue weighted by Crippen LogP contribution is -2.26. The van der Waals surface area contributed by atoms with Crippen LogP contribution in [0.15, 0.2) is 37.4 Å². The third-order valence-electron chi connectivity index (χ3n) is 3.95. The highest BCUT2D eigenvalue weighted by molar-refractivity contribution is 6.00. The zero-order valence-corrected chi connectivity index (χ0v) is 17.1. The Morgan fingerprint density at radius 3 is 2.37 bits per heavy atom. The van der Waals surface area contributed by atoms with Crippen LogP contribution in [0.5, 0.6) is 11.5 Å². The maximum absolute atomic E-state index is 12.4. The van der Waals surface area contributed by atoms with Crippen LogP contribution in [0.25, 0.3) is 16.3 Å². The Bertz CT molecular complexity index is 901. The highest BCUT2D eigenvalue weighted by Crippen LogP contribution is 2.44. The monoisotopic (exact) mass is 368 g/mol. The Morgan fingerprint density at radius 1 is 1.15 bits per heavy atom. The Hall–Kier alpha value is -2.75. The van der Waals surface area contributed by atoms with E-state index in [0.29, 0.717) is 12.4 Å². The molecule has 27 heavy (non-hydrogen) atoms. The number of rotatable bonds is 5. The first-order valence-corrected chi connectivity index (χ1v) is 8.92. The summed E-state index contributed by atoms with van der Waals surface area (Å²) in [5.41, 5.74) is 2.78. The molecule has 0 bridgehead atoms. The van der Waals surface area contributed by atoms with Crippen molar-refractivity contribution in [1.82, 2.24) is 0 Å². The molecule has 0 spiro atoms. The molecule has 0 heterocycles. The molecule has 144 valence electrons. The van der Waals surface area contributed by atoms with Crippen LogP contribution < -0.4 is 9.47 Å². The molecule has 4 heteroatoms. The SMILES string of the molecule is C=CCOc1c(C)c(C(=C)C)c(OC(=O)OC(C)(C)C)c2cc(C)ccc12. The molecule has 0 aromatic heterocycles. The predicted octanol–water partition coefficient (Wildman–Crippen LogP) is 6.37. The van der Waals surface area contributed by atoms with Gasteiger partial charge in [0.25, 0.3) is 0 Å². The summed E-state index contributed by atoms with van der Waals surface area (Å²) in [7, 11) is 0. The number of benzene rings is 2. The number of fused-ring (bicyclic) bond motifs is 1. The van der Waals surface area contributed by atoms with Crippen LogP contribution in [0.3, 0.4) is 0 Å². The average molecular weight is 368 g/mol. The molecule has 0 saturated carbocycles. The van der Waals surface area contributed by atoms with Gasteiger partial charge in [-0.25, -0.2) is 4.79 Å². The topological polar surface area (TPSA) is 44.8 Å². The predicted molar refractivity (Wildman–Crippen MR) is 111 cm³/mol. The van der Waals surface area contributed by atoms with Gasteiger partial charge in [0.2, 0.25) is 0 Å². The van der Waals surface area contributed by atoms with Gasteiger partial charge in [-0.05, 0) is 53.2 Å². The van der Waals surface area contributed by atoms with Gasteiger partial charge in [0.15, 0.2) is 0 Å². The molecule has 0 saturated heterocycles. The van der Waals surface area contributed by atoms with E-state index in [0.717, 1.165) is 38.8 Å². The van der Waals surface area contributed by atoms with Crippen molar-refractivity contribution in [1.29, 1.82) is 0 Å². The lowest BCUT2D eigenvalue weighted by molar-refractivity contribution is 0.0208. The van der Waals surface area contributed by atoms with Gasteiger partial charge in [-0.1, -0.05) is 36.9 Å². The summed E-state index contributed by atoms with van der Waals surface area (Å²) >= 11 is 0. The van der Waals surface area contributed by atoms with Gasteiger partial charge in [0.05, 0.1) is 0 Å². The Kier molecular flexibility index (Phi) is 5.99. The van der Waals surface area contributed by atoms with Gasteiger partial charge in [-0.15, -0.1) is 0 Å². The van der Waals surface area contributed by atoms with E-state index in [1.165, 1.54) is 0 Å². The van der Waals surface area contributed by atoms with Crippen molar-refractivity contribution >= 4 is 22.5 Å². The quantitative estimate of drug-likeness (QED) is 0.349. The van der Waals surface area contributed by atoms with Gasteiger partial charge in [0.1, 0.15) is 23.7 Å². The van der Waals surface area contributed by atoms with Gasteiger partial charge < -0.3 is 14.2 Å². The summed E-state index contributed by atoms with van der Waals surface area (Å²) in [6.45, 7) is 19.4. The third-order valence-corrected chi connectivity index (χ3v) is 3.95. The first-order chi connectivity index (χ1) is 12.5. The fourth-order valence-corrected chi connectivity index (χ4v) is 2.97. The van der Waals surface area contributed by atoms with Crippen LogP contribution in [-0.4, -0.2) is 18.4 Å². The highest BCUT2D eigenvalue weighted by atomic mass is 16.7. The molecule has 0 aliphatic rings. The summed E-state index contributed by atoms with van der Waals surface area (Å²) in [5.74, 6) is 1.18. The van der Waals surface area contributed by atoms with Crippen LogP contribution in [0, 0.1) is 13.8 Å². The summed E-state index contributed by atoms with van der Waals surface area (Å²) in [6, 6.07) is 5.95. The second-order valence-corrected chi connectivity index (χ2v) is 7.65. The van der Waals surface area contributed by atoms with E-state index in [2.05, 4.69) is 13.2 Å². The zero-order chi connectivity index (χ0) is 20.4. The van der Waals surface area contributed by atoms with Gasteiger partial charge in [-0.3, -0.25) is 0 Å². The minimum absolute atomic E-state index is 0.381. The number of carbonyl (C=O) groups is 1. The Labute approximate surface area is 161 Å². The van der Waals surface area contributed by atoms with E-state index in [1.807, 2.05) is 39.0 Å². The summed E-state index contributed by atoms with van der Waals surface area (Å²) in [4.78, 5) is 12.4. The number of aryl methyl sites for hydroxylation is 1. The standard InChI is InChI=1S/C23H28O4/c1-9-12-25-20-16(5)19(14(2)3)21(26-22(24)27-23(6,7)8)18-13-15(4)10-11-17(18)20/h9-11,13H,1-2,12H2,3-8H3. The van der Waals surface area contributed by atoms with Crippen molar-refractivity contribution in [2.24, 2.45) is 0 Å². The summed E-state index contributed by atoms with van der Waals surface area (Å²) in [5, 5.41) is 1.65. The molecule has 0 atom stereocenters.